The number of anilines is 3. The Labute approximate surface area is 601 Å². The molecular formula is C78H108F2N12O10. The molecule has 0 saturated carbocycles. The summed E-state index contributed by atoms with van der Waals surface area (Å²) in [6.07, 6.45) is 15.5. The molecule has 0 aliphatic carbocycles. The maximum absolute atomic E-state index is 14.6. The third-order valence-corrected chi connectivity index (χ3v) is 25.2. The number of urea groups is 1. The molecule has 0 radical (unpaired) electrons. The van der Waals surface area contributed by atoms with Gasteiger partial charge in [-0.25, -0.2) is 28.0 Å². The van der Waals surface area contributed by atoms with Crippen molar-refractivity contribution in [1.29, 1.82) is 0 Å². The summed E-state index contributed by atoms with van der Waals surface area (Å²) in [5.41, 5.74) is 5.97. The lowest BCUT2D eigenvalue weighted by atomic mass is 9.73. The second-order valence-corrected chi connectivity index (χ2v) is 32.3. The van der Waals surface area contributed by atoms with E-state index in [0.717, 1.165) is 195 Å². The Morgan fingerprint density at radius 2 is 1.11 bits per heavy atom. The Morgan fingerprint density at radius 3 is 1.63 bits per heavy atom. The third kappa shape index (κ3) is 13.6. The number of carbonyl (C=O) groups is 6. The largest absolute Gasteiger partial charge is 0.450 e. The van der Waals surface area contributed by atoms with Gasteiger partial charge in [-0.2, -0.15) is 5.10 Å². The summed E-state index contributed by atoms with van der Waals surface area (Å²) in [7, 11) is 3.52. The van der Waals surface area contributed by atoms with Gasteiger partial charge in [-0.15, -0.1) is 0 Å². The molecule has 3 aromatic carbocycles. The van der Waals surface area contributed by atoms with E-state index < -0.39 is 0 Å². The lowest BCUT2D eigenvalue weighted by Crippen LogP contribution is -2.56. The minimum Gasteiger partial charge on any atom is -0.450 e. The van der Waals surface area contributed by atoms with Gasteiger partial charge in [-0.3, -0.25) is 19.2 Å². The zero-order valence-corrected chi connectivity index (χ0v) is 61.1. The van der Waals surface area contributed by atoms with Gasteiger partial charge in [0.15, 0.2) is 0 Å². The number of rotatable bonds is 7. The highest BCUT2D eigenvalue weighted by Crippen LogP contribution is 2.52. The number of aromatic nitrogens is 2. The maximum atomic E-state index is 14.6. The first-order chi connectivity index (χ1) is 49.0. The number of hydrogen-bond donors (Lipinski definition) is 1. The van der Waals surface area contributed by atoms with Gasteiger partial charge >= 0.3 is 24.3 Å². The molecule has 102 heavy (non-hydrogen) atoms. The predicted molar refractivity (Wildman–Crippen MR) is 385 cm³/mol. The van der Waals surface area contributed by atoms with Crippen molar-refractivity contribution >= 4 is 53.2 Å². The number of aryl methyl sites for hydroxylation is 1. The van der Waals surface area contributed by atoms with E-state index in [1.165, 1.54) is 17.7 Å². The minimum absolute atomic E-state index is 0. The number of nitrogens with zero attached hydrogens (tertiary/aromatic N) is 11. The number of piperidine rings is 6. The van der Waals surface area contributed by atoms with E-state index in [-0.39, 0.29) is 101 Å². The van der Waals surface area contributed by atoms with Gasteiger partial charge in [-0.05, 0) is 249 Å². The van der Waals surface area contributed by atoms with Gasteiger partial charge in [0.05, 0.1) is 43.1 Å². The molecular weight excluding hydrogens is 1300 g/mol. The highest BCUT2D eigenvalue weighted by Gasteiger charge is 2.54. The molecule has 22 nitrogen and oxygen atoms in total. The Morgan fingerprint density at radius 1 is 0.608 bits per heavy atom. The van der Waals surface area contributed by atoms with Crippen molar-refractivity contribution in [3.63, 3.8) is 0 Å². The lowest BCUT2D eigenvalue weighted by Gasteiger charge is -2.47. The molecule has 16 rings (SSSR count). The standard InChI is InChI=1S/C31H42FN5O3.C27H37FN4O4.C20H27N3O3.H2/c1-6-40-29(39)36-22-8-9-23(36)18-24(17-22)34-13-11-31(12-14-34)19-35(26-10-7-21(32)16-25(26)31)28(38)27-15-20(2)33-37(27)30(3,4)5;1-29(2)25(33)31-17-27(23-13-18(28)3-6-24(23)31)8-10-30(11-9-27)21-14-19-4-5-20(15-21)32(19)26(34)36-22-7-12-35-16-22;1-2-26-19(25)23-11-7-15(8-12-23)22-13-9-20(10-14-22)16-5-3-4-6-17(16)21-18(20)24;/h7,10,15-16,22-24H,6,8-9,11-14,17-19H2,1-5H3;3,6,13,19-22H,4-5,7-12,14-17H2,1-2H3;3-6,15H,2,7-14H2,1H3,(H,21,24);1H/t;19?,20?,21?,22-;;/m.1../s1. The minimum atomic E-state index is -0.348. The van der Waals surface area contributed by atoms with Crippen LogP contribution in [-0.4, -0.2) is 235 Å². The van der Waals surface area contributed by atoms with Gasteiger partial charge in [0.2, 0.25) is 5.91 Å². The number of likely N-dealkylation sites (tertiary alicyclic amines) is 4. The number of carbonyl (C=O) groups excluding carboxylic acids is 6. The SMILES string of the molecule is CCOC(=O)N1C2CCC1CC(N1CCC3(CC1)CN(C(=O)c1cc(C)nn1C(C)(C)C)c1ccc(F)cc13)C2.CCOC(=O)N1CCC(N2CCC3(CC2)C(=O)Nc2ccccc23)CC1.CN(C)C(=O)N1CC2(CCN(C3CC4CCC(C3)N4C(=O)O[C@@H]3CCOC3)CC2)c2cc(F)ccc21.[HH]. The molecule has 24 heteroatoms. The molecule has 9 saturated heterocycles. The fourth-order valence-corrected chi connectivity index (χ4v) is 19.9. The van der Waals surface area contributed by atoms with Crippen LogP contribution in [0.5, 0.6) is 0 Å². The molecule has 4 aromatic rings. The highest BCUT2D eigenvalue weighted by molar-refractivity contribution is 6.07. The first-order valence-electron chi connectivity index (χ1n) is 38.0. The monoisotopic (exact) mass is 1410 g/mol. The number of halogens is 2. The molecule has 4 unspecified atom stereocenters. The van der Waals surface area contributed by atoms with Crippen LogP contribution in [0.15, 0.2) is 66.7 Å². The maximum Gasteiger partial charge on any atom is 0.410 e. The van der Waals surface area contributed by atoms with Gasteiger partial charge in [0.25, 0.3) is 5.91 Å². The molecule has 9 fully saturated rings. The van der Waals surface area contributed by atoms with E-state index in [2.05, 4.69) is 31.2 Å². The van der Waals surface area contributed by atoms with Crippen molar-refractivity contribution in [2.24, 2.45) is 0 Å². The average Bonchev–Trinajstić information content (AvgIpc) is 1.60. The van der Waals surface area contributed by atoms with E-state index in [4.69, 9.17) is 18.9 Å². The van der Waals surface area contributed by atoms with Gasteiger partial charge < -0.3 is 63.5 Å². The van der Waals surface area contributed by atoms with Crippen molar-refractivity contribution in [1.82, 2.24) is 44.1 Å². The van der Waals surface area contributed by atoms with Crippen LogP contribution < -0.4 is 15.1 Å². The summed E-state index contributed by atoms with van der Waals surface area (Å²) in [4.78, 5) is 95.7. The highest BCUT2D eigenvalue weighted by atomic mass is 19.1. The first-order valence-corrected chi connectivity index (χ1v) is 38.0. The normalized spacial score (nSPS) is 27.0. The molecule has 12 aliphatic heterocycles. The first kappa shape index (κ1) is 71.6. The fraction of sp³-hybridized carbons (Fsp3) is 0.654. The van der Waals surface area contributed by atoms with Crippen molar-refractivity contribution in [2.75, 3.05) is 121 Å². The summed E-state index contributed by atoms with van der Waals surface area (Å²) < 4.78 is 52.3. The van der Waals surface area contributed by atoms with Gasteiger partial charge in [0.1, 0.15) is 23.4 Å². The molecule has 5 atom stereocenters. The summed E-state index contributed by atoms with van der Waals surface area (Å²) >= 11 is 0. The van der Waals surface area contributed by atoms with Crippen LogP contribution in [0.2, 0.25) is 0 Å². The number of benzene rings is 3. The number of para-hydroxylation sites is 1. The summed E-state index contributed by atoms with van der Waals surface area (Å²) in [5.74, 6) is -0.413. The Bertz CT molecular complexity index is 3750. The second-order valence-electron chi connectivity index (χ2n) is 32.3. The van der Waals surface area contributed by atoms with E-state index in [9.17, 15) is 37.5 Å². The third-order valence-electron chi connectivity index (χ3n) is 25.2. The van der Waals surface area contributed by atoms with Crippen LogP contribution in [0.3, 0.4) is 0 Å². The van der Waals surface area contributed by atoms with Crippen molar-refractivity contribution in [3.8, 4) is 0 Å². The molecule has 4 bridgehead atoms. The number of ether oxygens (including phenoxy) is 4. The van der Waals surface area contributed by atoms with E-state index in [1.54, 1.807) is 43.3 Å². The zero-order valence-electron chi connectivity index (χ0n) is 61.1. The van der Waals surface area contributed by atoms with Crippen LogP contribution in [0.4, 0.5) is 45.0 Å². The molecule has 1 N–H and O–H groups in total. The fourth-order valence-electron chi connectivity index (χ4n) is 19.9. The quantitative estimate of drug-likeness (QED) is 0.171. The molecule has 3 spiro atoms. The van der Waals surface area contributed by atoms with Gasteiger partial charge in [0, 0.05) is 118 Å². The predicted octanol–water partition coefficient (Wildman–Crippen LogP) is 11.7. The number of nitrogens with one attached hydrogen (secondary N) is 1. The number of amides is 7. The van der Waals surface area contributed by atoms with Crippen LogP contribution in [0.25, 0.3) is 0 Å². The molecule has 1 aromatic heterocycles. The van der Waals surface area contributed by atoms with E-state index >= 15 is 0 Å². The summed E-state index contributed by atoms with van der Waals surface area (Å²) in [5, 5.41) is 7.69. The van der Waals surface area contributed by atoms with Crippen LogP contribution >= 0.6 is 0 Å². The Hall–Kier alpha value is -7.41. The molecule has 7 amide bonds. The van der Waals surface area contributed by atoms with E-state index in [1.807, 2.05) is 95.0 Å². The van der Waals surface area contributed by atoms with Crippen molar-refractivity contribution < 1.29 is 57.9 Å². The smallest absolute Gasteiger partial charge is 0.410 e. The van der Waals surface area contributed by atoms with Crippen molar-refractivity contribution in [3.05, 3.63) is 106 Å². The molecule has 554 valence electrons. The van der Waals surface area contributed by atoms with Crippen molar-refractivity contribution in [2.45, 2.75) is 221 Å². The van der Waals surface area contributed by atoms with Crippen LogP contribution in [0, 0.1) is 18.6 Å². The molecule has 13 heterocycles. The van der Waals surface area contributed by atoms with Crippen LogP contribution in [-0.2, 0) is 45.5 Å². The Balaban J connectivity index is 0.000000140. The number of hydrogen-bond acceptors (Lipinski definition) is 14. The second kappa shape index (κ2) is 28.9. The summed E-state index contributed by atoms with van der Waals surface area (Å²) in [6.45, 7) is 22.0. The van der Waals surface area contributed by atoms with E-state index in [0.29, 0.717) is 63.3 Å². The van der Waals surface area contributed by atoms with Gasteiger partial charge in [-0.1, -0.05) is 18.2 Å². The number of fused-ring (bicyclic) bond motifs is 10. The summed E-state index contributed by atoms with van der Waals surface area (Å²) in [6, 6.07) is 22.1. The van der Waals surface area contributed by atoms with Crippen LogP contribution in [0.1, 0.15) is 178 Å². The Kier molecular flexibility index (Phi) is 20.3. The molecule has 12 aliphatic rings. The lowest BCUT2D eigenvalue weighted by molar-refractivity contribution is -0.122. The topological polar surface area (TPSA) is 198 Å². The average molecular weight is 1410 g/mol. The zero-order chi connectivity index (χ0) is 71.6.